The predicted molar refractivity (Wildman–Crippen MR) is 139 cm³/mol. The summed E-state index contributed by atoms with van der Waals surface area (Å²) in [4.78, 5) is 19.1. The molecule has 9 heteroatoms. The van der Waals surface area contributed by atoms with Crippen LogP contribution in [0.3, 0.4) is 0 Å². The third kappa shape index (κ3) is 2.80. The molecule has 0 amide bonds. The van der Waals surface area contributed by atoms with E-state index in [0.29, 0.717) is 24.0 Å². The molecule has 1 saturated heterocycles. The van der Waals surface area contributed by atoms with Crippen LogP contribution in [0.1, 0.15) is 36.9 Å². The van der Waals surface area contributed by atoms with Gasteiger partial charge >= 0.3 is 0 Å². The number of pyridine rings is 1. The Labute approximate surface area is 214 Å². The molecule has 3 atom stereocenters. The second-order valence-electron chi connectivity index (χ2n) is 11.2. The standard InChI is InChI=1S/C28H29FN8/c29-20-6-2-1-5-18(20)28(15-30)17-8-12-36(14-19(17)28)22-13-32-23-25(33-22)34-35-26(23)37-16-27(9-4-10-27)24-21(37)7-3-11-31-24/h1-3,5-7,11,13,17,19H,4,8-10,12,14-16,30H2,(H,33,34,35)/t17-,19+,28-/m1/s1. The molecule has 0 radical (unpaired) electrons. The first kappa shape index (κ1) is 21.5. The molecule has 0 unspecified atom stereocenters. The number of hydrogen-bond acceptors (Lipinski definition) is 7. The first-order valence-corrected chi connectivity index (χ1v) is 13.3. The number of aromatic amines is 1. The molecule has 1 aromatic carbocycles. The van der Waals surface area contributed by atoms with Crippen LogP contribution in [0.2, 0.25) is 0 Å². The van der Waals surface area contributed by atoms with Crippen molar-refractivity contribution in [3.05, 3.63) is 65.9 Å². The summed E-state index contributed by atoms with van der Waals surface area (Å²) in [5, 5.41) is 7.81. The van der Waals surface area contributed by atoms with Crippen LogP contribution in [0.15, 0.2) is 48.8 Å². The minimum Gasteiger partial charge on any atom is -0.355 e. The van der Waals surface area contributed by atoms with Crippen molar-refractivity contribution in [2.45, 2.75) is 36.5 Å². The number of anilines is 3. The fourth-order valence-corrected chi connectivity index (χ4v) is 7.63. The predicted octanol–water partition coefficient (Wildman–Crippen LogP) is 3.81. The van der Waals surface area contributed by atoms with Crippen LogP contribution in [0.25, 0.3) is 11.2 Å². The van der Waals surface area contributed by atoms with Gasteiger partial charge in [-0.05, 0) is 54.9 Å². The number of aromatic nitrogens is 5. The van der Waals surface area contributed by atoms with Crippen molar-refractivity contribution in [3.63, 3.8) is 0 Å². The average molecular weight is 497 g/mol. The summed E-state index contributed by atoms with van der Waals surface area (Å²) < 4.78 is 14.7. The van der Waals surface area contributed by atoms with Crippen LogP contribution in [-0.2, 0) is 10.8 Å². The number of piperidine rings is 1. The Bertz CT molecular complexity index is 1530. The maximum absolute atomic E-state index is 14.7. The molecular formula is C28H29FN8. The van der Waals surface area contributed by atoms with Gasteiger partial charge < -0.3 is 15.5 Å². The Morgan fingerprint density at radius 2 is 2.00 bits per heavy atom. The topological polar surface area (TPSA) is 99.9 Å². The summed E-state index contributed by atoms with van der Waals surface area (Å²) in [6.45, 7) is 2.99. The lowest BCUT2D eigenvalue weighted by Crippen LogP contribution is -2.38. The summed E-state index contributed by atoms with van der Waals surface area (Å²) in [6, 6.07) is 11.2. The molecule has 4 aliphatic rings. The molecular weight excluding hydrogens is 467 g/mol. The fraction of sp³-hybridized carbons (Fsp3) is 0.429. The lowest BCUT2D eigenvalue weighted by atomic mass is 9.67. The summed E-state index contributed by atoms with van der Waals surface area (Å²) in [6.07, 6.45) is 8.29. The van der Waals surface area contributed by atoms with E-state index in [4.69, 9.17) is 20.7 Å². The molecule has 8 nitrogen and oxygen atoms in total. The van der Waals surface area contributed by atoms with Gasteiger partial charge in [-0.15, -0.1) is 0 Å². The van der Waals surface area contributed by atoms with E-state index in [0.717, 1.165) is 54.5 Å². The van der Waals surface area contributed by atoms with Crippen molar-refractivity contribution in [1.82, 2.24) is 25.1 Å². The van der Waals surface area contributed by atoms with E-state index in [2.05, 4.69) is 26.1 Å². The van der Waals surface area contributed by atoms with E-state index < -0.39 is 0 Å². The molecule has 1 spiro atoms. The zero-order chi connectivity index (χ0) is 24.8. The lowest BCUT2D eigenvalue weighted by molar-refractivity contribution is 0.260. The van der Waals surface area contributed by atoms with E-state index in [1.54, 1.807) is 12.1 Å². The third-order valence-electron chi connectivity index (χ3n) is 9.71. The van der Waals surface area contributed by atoms with E-state index in [1.165, 1.54) is 25.0 Å². The van der Waals surface area contributed by atoms with Gasteiger partial charge in [-0.2, -0.15) is 5.10 Å². The monoisotopic (exact) mass is 496 g/mol. The molecule has 4 aromatic rings. The zero-order valence-electron chi connectivity index (χ0n) is 20.6. The molecule has 3 fully saturated rings. The first-order valence-electron chi connectivity index (χ1n) is 13.3. The number of nitrogens with zero attached hydrogens (tertiary/aromatic N) is 6. The fourth-order valence-electron chi connectivity index (χ4n) is 7.63. The van der Waals surface area contributed by atoms with Gasteiger partial charge in [-0.1, -0.05) is 24.6 Å². The van der Waals surface area contributed by atoms with E-state index in [9.17, 15) is 4.39 Å². The van der Waals surface area contributed by atoms with Crippen LogP contribution < -0.4 is 15.5 Å². The Balaban J connectivity index is 1.09. The Morgan fingerprint density at radius 3 is 2.81 bits per heavy atom. The first-order chi connectivity index (χ1) is 18.1. The van der Waals surface area contributed by atoms with Crippen molar-refractivity contribution in [2.24, 2.45) is 17.6 Å². The zero-order valence-corrected chi connectivity index (χ0v) is 20.6. The van der Waals surface area contributed by atoms with Gasteiger partial charge in [0.2, 0.25) is 0 Å². The highest BCUT2D eigenvalue weighted by molar-refractivity contribution is 5.88. The van der Waals surface area contributed by atoms with Crippen molar-refractivity contribution < 1.29 is 4.39 Å². The van der Waals surface area contributed by atoms with E-state index in [1.807, 2.05) is 30.6 Å². The molecule has 37 heavy (non-hydrogen) atoms. The van der Waals surface area contributed by atoms with Crippen LogP contribution in [0.4, 0.5) is 21.7 Å². The second-order valence-corrected chi connectivity index (χ2v) is 11.2. The number of halogens is 1. The SMILES string of the molecule is NC[C@]1(c2ccccc2F)[C@@H]2CCN(c3cnc4c(N5CC6(CCC6)c6ncccc65)n[nH]c4n3)C[C@@H]21. The molecule has 0 bridgehead atoms. The summed E-state index contributed by atoms with van der Waals surface area (Å²) in [5.74, 6) is 2.21. The minimum absolute atomic E-state index is 0.136. The summed E-state index contributed by atoms with van der Waals surface area (Å²) >= 11 is 0. The van der Waals surface area contributed by atoms with Crippen molar-refractivity contribution in [3.8, 4) is 0 Å². The van der Waals surface area contributed by atoms with Gasteiger partial charge in [0.25, 0.3) is 0 Å². The van der Waals surface area contributed by atoms with Gasteiger partial charge in [-0.3, -0.25) is 10.1 Å². The lowest BCUT2D eigenvalue weighted by Gasteiger charge is -2.37. The molecule has 3 N–H and O–H groups in total. The van der Waals surface area contributed by atoms with Gasteiger partial charge in [-0.25, -0.2) is 14.4 Å². The van der Waals surface area contributed by atoms with E-state index in [-0.39, 0.29) is 16.6 Å². The average Bonchev–Trinajstić information content (AvgIpc) is 3.18. The van der Waals surface area contributed by atoms with Crippen molar-refractivity contribution >= 4 is 28.5 Å². The van der Waals surface area contributed by atoms with Crippen LogP contribution in [0.5, 0.6) is 0 Å². The molecule has 5 heterocycles. The smallest absolute Gasteiger partial charge is 0.183 e. The van der Waals surface area contributed by atoms with E-state index >= 15 is 0 Å². The molecule has 3 aromatic heterocycles. The third-order valence-corrected chi connectivity index (χ3v) is 9.71. The number of nitrogens with two attached hydrogens (primary N) is 1. The molecule has 8 rings (SSSR count). The van der Waals surface area contributed by atoms with Crippen molar-refractivity contribution in [2.75, 3.05) is 36.0 Å². The number of rotatable bonds is 4. The van der Waals surface area contributed by atoms with Crippen LogP contribution >= 0.6 is 0 Å². The minimum atomic E-state index is -0.284. The van der Waals surface area contributed by atoms with Gasteiger partial charge in [0, 0.05) is 43.2 Å². The summed E-state index contributed by atoms with van der Waals surface area (Å²) in [5.41, 5.74) is 10.7. The molecule has 188 valence electrons. The maximum Gasteiger partial charge on any atom is 0.183 e. The van der Waals surface area contributed by atoms with Gasteiger partial charge in [0.1, 0.15) is 11.6 Å². The summed E-state index contributed by atoms with van der Waals surface area (Å²) in [7, 11) is 0. The highest BCUT2D eigenvalue weighted by Crippen LogP contribution is 2.63. The number of benzene rings is 1. The number of nitrogens with one attached hydrogen (secondary N) is 1. The Hall–Kier alpha value is -3.59. The Morgan fingerprint density at radius 1 is 1.11 bits per heavy atom. The Kier molecular flexibility index (Phi) is 4.34. The number of hydrogen-bond donors (Lipinski definition) is 2. The van der Waals surface area contributed by atoms with Crippen LogP contribution in [-0.4, -0.2) is 51.3 Å². The normalized spacial score (nSPS) is 27.3. The van der Waals surface area contributed by atoms with Crippen molar-refractivity contribution in [1.29, 1.82) is 0 Å². The molecule has 2 aliphatic heterocycles. The highest BCUT2D eigenvalue weighted by atomic mass is 19.1. The maximum atomic E-state index is 14.7. The number of H-pyrrole nitrogens is 1. The number of fused-ring (bicyclic) bond motifs is 4. The molecule has 2 saturated carbocycles. The molecule has 2 aliphatic carbocycles. The second kappa shape index (κ2) is 7.47. The van der Waals surface area contributed by atoms with Gasteiger partial charge in [0.05, 0.1) is 17.6 Å². The quantitative estimate of drug-likeness (QED) is 0.443. The van der Waals surface area contributed by atoms with Crippen LogP contribution in [0, 0.1) is 17.7 Å². The highest BCUT2D eigenvalue weighted by Gasteiger charge is 2.66. The largest absolute Gasteiger partial charge is 0.355 e. The van der Waals surface area contributed by atoms with Gasteiger partial charge in [0.15, 0.2) is 17.0 Å².